The molecule has 210 valence electrons. The van der Waals surface area contributed by atoms with E-state index in [1.165, 1.54) is 14.2 Å². The predicted molar refractivity (Wildman–Crippen MR) is 150 cm³/mol. The Morgan fingerprint density at radius 1 is 1.10 bits per heavy atom. The molecule has 39 heavy (non-hydrogen) atoms. The number of hydrogen-bond acceptors (Lipinski definition) is 7. The number of likely N-dealkylation sites (tertiary alicyclic amines) is 1. The number of allylic oxidation sites excluding steroid dienone is 1. The Labute approximate surface area is 231 Å². The van der Waals surface area contributed by atoms with Gasteiger partial charge in [0, 0.05) is 32.0 Å². The van der Waals surface area contributed by atoms with E-state index in [2.05, 4.69) is 57.3 Å². The first-order chi connectivity index (χ1) is 18.4. The fraction of sp³-hybridized carbons (Fsp3) is 0.621. The summed E-state index contributed by atoms with van der Waals surface area (Å²) in [5.41, 5.74) is 3.55. The van der Waals surface area contributed by atoms with Crippen LogP contribution in [0.2, 0.25) is 0 Å². The molecule has 1 aliphatic carbocycles. The van der Waals surface area contributed by atoms with Crippen LogP contribution in [0.3, 0.4) is 0 Å². The molecule has 3 fully saturated rings. The summed E-state index contributed by atoms with van der Waals surface area (Å²) in [5, 5.41) is 2.68. The third-order valence-corrected chi connectivity index (χ3v) is 9.26. The number of alkyl carbamates (subject to hydrolysis) is 1. The normalized spacial score (nSPS) is 25.8. The lowest BCUT2D eigenvalue weighted by molar-refractivity contribution is -0.136. The van der Waals surface area contributed by atoms with Crippen LogP contribution in [0.4, 0.5) is 4.79 Å². The third-order valence-electron chi connectivity index (χ3n) is 9.26. The van der Waals surface area contributed by atoms with Crippen molar-refractivity contribution < 1.29 is 28.4 Å². The van der Waals surface area contributed by atoms with Crippen LogP contribution >= 0.6 is 0 Å². The average Bonchev–Trinajstić information content (AvgIpc) is 3.22. The van der Waals surface area contributed by atoms with E-state index in [1.807, 2.05) is 11.1 Å². The number of methoxy groups -OCH3 is 2. The van der Waals surface area contributed by atoms with Gasteiger partial charge in [0.25, 0.3) is 0 Å². The summed E-state index contributed by atoms with van der Waals surface area (Å²) in [6.07, 6.45) is 4.55. The van der Waals surface area contributed by atoms with E-state index >= 15 is 0 Å². The first-order valence-electron chi connectivity index (χ1n) is 13.8. The summed E-state index contributed by atoms with van der Waals surface area (Å²) in [6, 6.07) is 7.33. The van der Waals surface area contributed by atoms with Crippen molar-refractivity contribution in [2.75, 3.05) is 20.8 Å². The van der Waals surface area contributed by atoms with Crippen molar-refractivity contribution >= 4 is 35.9 Å². The number of nitrogens with zero attached hydrogens (tertiary/aromatic N) is 2. The summed E-state index contributed by atoms with van der Waals surface area (Å²) >= 11 is 0. The zero-order valence-corrected chi connectivity index (χ0v) is 24.1. The Hall–Kier alpha value is -2.69. The third kappa shape index (κ3) is 5.26. The van der Waals surface area contributed by atoms with Crippen LogP contribution in [0.5, 0.6) is 0 Å². The van der Waals surface area contributed by atoms with Crippen LogP contribution < -0.4 is 10.8 Å². The van der Waals surface area contributed by atoms with Crippen molar-refractivity contribution in [3.05, 3.63) is 36.0 Å². The molecule has 9 nitrogen and oxygen atoms in total. The van der Waals surface area contributed by atoms with Gasteiger partial charge in [-0.1, -0.05) is 24.3 Å². The van der Waals surface area contributed by atoms with Crippen molar-refractivity contribution in [1.29, 1.82) is 0 Å². The molecule has 0 unspecified atom stereocenters. The molecule has 1 aromatic carbocycles. The quantitative estimate of drug-likeness (QED) is 0.536. The summed E-state index contributed by atoms with van der Waals surface area (Å²) in [7, 11) is 2.42. The zero-order valence-electron chi connectivity index (χ0n) is 24.1. The van der Waals surface area contributed by atoms with E-state index in [0.717, 1.165) is 41.6 Å². The van der Waals surface area contributed by atoms with E-state index in [-0.39, 0.29) is 28.6 Å². The number of rotatable bonds is 7. The fourth-order valence-electron chi connectivity index (χ4n) is 5.67. The summed E-state index contributed by atoms with van der Waals surface area (Å²) in [4.78, 5) is 32.5. The molecule has 1 aromatic rings. The molecular formula is C29H40BN3O6. The first kappa shape index (κ1) is 27.9. The molecule has 1 saturated carbocycles. The number of aliphatic imine (C=N–C) groups is 1. The molecule has 10 heteroatoms. The van der Waals surface area contributed by atoms with E-state index < -0.39 is 25.4 Å². The number of hydrogen-bond donors (Lipinski definition) is 1. The lowest BCUT2D eigenvalue weighted by Crippen LogP contribution is -2.56. The maximum Gasteiger partial charge on any atom is 0.494 e. The minimum atomic E-state index is -0.837. The van der Waals surface area contributed by atoms with Gasteiger partial charge in [-0.25, -0.2) is 4.79 Å². The SMILES string of the molecule is COC(=O)N[C@H](C(=O)N1CC2(CC2)C[C@H]1C1=NC=C(c2ccc(B3OC(C)(C)C(C)(C)O3)cc2)C1)[C@@H](C)OC. The lowest BCUT2D eigenvalue weighted by Gasteiger charge is -2.32. The second-order valence-electron chi connectivity index (χ2n) is 12.4. The summed E-state index contributed by atoms with van der Waals surface area (Å²) in [6.45, 7) is 10.7. The van der Waals surface area contributed by atoms with Crippen LogP contribution in [-0.2, 0) is 23.6 Å². The lowest BCUT2D eigenvalue weighted by atomic mass is 9.78. The molecule has 5 rings (SSSR count). The van der Waals surface area contributed by atoms with Crippen LogP contribution in [0.1, 0.15) is 65.9 Å². The van der Waals surface area contributed by atoms with Crippen LogP contribution in [0.25, 0.3) is 5.57 Å². The Bertz CT molecular complexity index is 1170. The van der Waals surface area contributed by atoms with Crippen LogP contribution in [0.15, 0.2) is 35.5 Å². The topological polar surface area (TPSA) is 98.7 Å². The molecule has 0 bridgehead atoms. The van der Waals surface area contributed by atoms with Gasteiger partial charge >= 0.3 is 13.2 Å². The Morgan fingerprint density at radius 2 is 1.74 bits per heavy atom. The number of amides is 2. The number of ether oxygens (including phenoxy) is 2. The van der Waals surface area contributed by atoms with Crippen molar-refractivity contribution in [3.8, 4) is 0 Å². The van der Waals surface area contributed by atoms with Gasteiger partial charge in [-0.3, -0.25) is 9.79 Å². The number of carbonyl (C=O) groups excluding carboxylic acids is 2. The van der Waals surface area contributed by atoms with E-state index in [9.17, 15) is 9.59 Å². The molecule has 1 spiro atoms. The molecular weight excluding hydrogens is 497 g/mol. The minimum Gasteiger partial charge on any atom is -0.453 e. The molecule has 3 aliphatic heterocycles. The number of benzene rings is 1. The summed E-state index contributed by atoms with van der Waals surface area (Å²) in [5.74, 6) is -0.161. The Morgan fingerprint density at radius 3 is 2.31 bits per heavy atom. The maximum atomic E-state index is 13.8. The van der Waals surface area contributed by atoms with Gasteiger partial charge in [0.15, 0.2) is 0 Å². The highest BCUT2D eigenvalue weighted by molar-refractivity contribution is 6.62. The highest BCUT2D eigenvalue weighted by atomic mass is 16.7. The smallest absolute Gasteiger partial charge is 0.453 e. The van der Waals surface area contributed by atoms with Gasteiger partial charge in [0.1, 0.15) is 6.04 Å². The van der Waals surface area contributed by atoms with Crippen molar-refractivity contribution in [3.63, 3.8) is 0 Å². The summed E-state index contributed by atoms with van der Waals surface area (Å²) < 4.78 is 22.6. The number of carbonyl (C=O) groups is 2. The van der Waals surface area contributed by atoms with Crippen molar-refractivity contribution in [2.24, 2.45) is 10.4 Å². The van der Waals surface area contributed by atoms with Crippen molar-refractivity contribution in [2.45, 2.75) is 89.7 Å². The first-order valence-corrected chi connectivity index (χ1v) is 13.8. The van der Waals surface area contributed by atoms with Crippen LogP contribution in [-0.4, -0.2) is 79.9 Å². The van der Waals surface area contributed by atoms with E-state index in [4.69, 9.17) is 23.8 Å². The molecule has 3 heterocycles. The van der Waals surface area contributed by atoms with Gasteiger partial charge in [-0.05, 0) is 75.9 Å². The average molecular weight is 537 g/mol. The maximum absolute atomic E-state index is 13.8. The second kappa shape index (κ2) is 10.1. The van der Waals surface area contributed by atoms with Gasteiger partial charge in [0.05, 0.1) is 30.5 Å². The molecule has 4 aliphatic rings. The number of nitrogens with one attached hydrogen (secondary N) is 1. The monoisotopic (exact) mass is 537 g/mol. The fourth-order valence-corrected chi connectivity index (χ4v) is 5.67. The highest BCUT2D eigenvalue weighted by Gasteiger charge is 2.56. The molecule has 2 saturated heterocycles. The van der Waals surface area contributed by atoms with E-state index in [0.29, 0.717) is 13.0 Å². The Kier molecular flexibility index (Phi) is 7.18. The molecule has 1 N–H and O–H groups in total. The van der Waals surface area contributed by atoms with Gasteiger partial charge in [-0.15, -0.1) is 0 Å². The molecule has 0 radical (unpaired) electrons. The molecule has 2 amide bonds. The molecule has 0 aromatic heterocycles. The largest absolute Gasteiger partial charge is 0.494 e. The predicted octanol–water partition coefficient (Wildman–Crippen LogP) is 3.31. The second-order valence-corrected chi connectivity index (χ2v) is 12.4. The van der Waals surface area contributed by atoms with E-state index in [1.54, 1.807) is 6.92 Å². The highest BCUT2D eigenvalue weighted by Crippen LogP contribution is 2.55. The molecule has 3 atom stereocenters. The minimum absolute atomic E-state index is 0.108. The zero-order chi connectivity index (χ0) is 28.2. The van der Waals surface area contributed by atoms with Gasteiger partial charge in [-0.2, -0.15) is 0 Å². The van der Waals surface area contributed by atoms with Gasteiger partial charge < -0.3 is 29.0 Å². The van der Waals surface area contributed by atoms with Gasteiger partial charge in [0.2, 0.25) is 5.91 Å². The Balaban J connectivity index is 1.28. The van der Waals surface area contributed by atoms with Crippen molar-refractivity contribution in [1.82, 2.24) is 10.2 Å². The van der Waals surface area contributed by atoms with Crippen LogP contribution in [0, 0.1) is 5.41 Å². The standard InChI is InChI=1S/C29H40BN3O6/c1-18(36-6)24(32-26(35)37-7)25(34)33-17-29(12-13-29)15-23(33)22-14-20(16-31-22)19-8-10-21(11-9-19)30-38-27(2,3)28(4,5)39-30/h8-11,16,18,23-24H,12-15,17H2,1-7H3,(H,32,35)/t18-,23+,24+/m1/s1.